The Bertz CT molecular complexity index is 496. The highest BCUT2D eigenvalue weighted by Crippen LogP contribution is 2.06. The Morgan fingerprint density at radius 1 is 1.22 bits per heavy atom. The zero-order valence-electron chi connectivity index (χ0n) is 13.9. The highest BCUT2D eigenvalue weighted by Gasteiger charge is 2.25. The maximum atomic E-state index is 12.7. The zero-order valence-corrected chi connectivity index (χ0v) is 13.9. The molecule has 126 valence electrons. The lowest BCUT2D eigenvalue weighted by molar-refractivity contribution is -0.136. The summed E-state index contributed by atoms with van der Waals surface area (Å²) in [5.41, 5.74) is 0.965. The van der Waals surface area contributed by atoms with E-state index >= 15 is 0 Å². The van der Waals surface area contributed by atoms with E-state index in [1.54, 1.807) is 0 Å². The van der Waals surface area contributed by atoms with E-state index in [0.29, 0.717) is 19.4 Å². The summed E-state index contributed by atoms with van der Waals surface area (Å²) in [6, 6.07) is 9.21. The summed E-state index contributed by atoms with van der Waals surface area (Å²) in [6.07, 6.45) is 2.83. The number of amides is 2. The van der Waals surface area contributed by atoms with E-state index in [9.17, 15) is 9.59 Å². The molecule has 1 heterocycles. The van der Waals surface area contributed by atoms with Crippen LogP contribution >= 0.6 is 0 Å². The molecular weight excluding hydrogens is 290 g/mol. The quantitative estimate of drug-likeness (QED) is 0.832. The molecule has 1 unspecified atom stereocenters. The Morgan fingerprint density at radius 3 is 2.74 bits per heavy atom. The fourth-order valence-corrected chi connectivity index (χ4v) is 2.86. The van der Waals surface area contributed by atoms with E-state index in [1.165, 1.54) is 0 Å². The van der Waals surface area contributed by atoms with Gasteiger partial charge in [-0.05, 0) is 24.9 Å². The molecule has 0 radical (unpaired) electrons. The molecule has 0 aromatic heterocycles. The molecular formula is C18H27N3O2. The Kier molecular flexibility index (Phi) is 7.07. The number of carbonyl (C=O) groups excluding carboxylic acids is 2. The Morgan fingerprint density at radius 2 is 2.00 bits per heavy atom. The fourth-order valence-electron chi connectivity index (χ4n) is 2.86. The summed E-state index contributed by atoms with van der Waals surface area (Å²) in [6.45, 7) is 5.28. The summed E-state index contributed by atoms with van der Waals surface area (Å²) in [5.74, 6) is -0.0343. The van der Waals surface area contributed by atoms with Crippen molar-refractivity contribution in [3.8, 4) is 0 Å². The molecule has 1 aromatic carbocycles. The lowest BCUT2D eigenvalue weighted by Crippen LogP contribution is -2.49. The van der Waals surface area contributed by atoms with Crippen molar-refractivity contribution in [3.05, 3.63) is 35.9 Å². The SMILES string of the molecule is CCCC(NC(=O)Cc1ccccc1)C(=O)N1CCCNCC1. The van der Waals surface area contributed by atoms with Crippen molar-refractivity contribution in [1.29, 1.82) is 0 Å². The van der Waals surface area contributed by atoms with Gasteiger partial charge in [-0.15, -0.1) is 0 Å². The molecule has 2 amide bonds. The fraction of sp³-hybridized carbons (Fsp3) is 0.556. The van der Waals surface area contributed by atoms with Crippen molar-refractivity contribution in [1.82, 2.24) is 15.5 Å². The molecule has 1 aliphatic rings. The summed E-state index contributed by atoms with van der Waals surface area (Å²) in [5, 5.41) is 6.23. The Balaban J connectivity index is 1.93. The lowest BCUT2D eigenvalue weighted by atomic mass is 10.1. The van der Waals surface area contributed by atoms with Crippen LogP contribution in [0.15, 0.2) is 30.3 Å². The average molecular weight is 317 g/mol. The van der Waals surface area contributed by atoms with Crippen molar-refractivity contribution in [2.45, 2.75) is 38.6 Å². The highest BCUT2D eigenvalue weighted by atomic mass is 16.2. The minimum atomic E-state index is -0.408. The topological polar surface area (TPSA) is 61.4 Å². The second-order valence-electron chi connectivity index (χ2n) is 6.00. The number of hydrogen-bond donors (Lipinski definition) is 2. The average Bonchev–Trinajstić information content (AvgIpc) is 2.84. The van der Waals surface area contributed by atoms with Gasteiger partial charge >= 0.3 is 0 Å². The minimum absolute atomic E-state index is 0.0527. The van der Waals surface area contributed by atoms with E-state index in [4.69, 9.17) is 0 Å². The molecule has 1 atom stereocenters. The monoisotopic (exact) mass is 317 g/mol. The van der Waals surface area contributed by atoms with E-state index < -0.39 is 6.04 Å². The first-order valence-electron chi connectivity index (χ1n) is 8.53. The van der Waals surface area contributed by atoms with Crippen molar-refractivity contribution >= 4 is 11.8 Å². The number of nitrogens with zero attached hydrogens (tertiary/aromatic N) is 1. The minimum Gasteiger partial charge on any atom is -0.344 e. The molecule has 0 bridgehead atoms. The van der Waals surface area contributed by atoms with Crippen molar-refractivity contribution in [2.75, 3.05) is 26.2 Å². The Labute approximate surface area is 138 Å². The van der Waals surface area contributed by atoms with Gasteiger partial charge in [-0.2, -0.15) is 0 Å². The molecule has 1 saturated heterocycles. The number of nitrogens with one attached hydrogen (secondary N) is 2. The molecule has 23 heavy (non-hydrogen) atoms. The van der Waals surface area contributed by atoms with Crippen LogP contribution in [0.4, 0.5) is 0 Å². The third kappa shape index (κ3) is 5.67. The largest absolute Gasteiger partial charge is 0.344 e. The number of carbonyl (C=O) groups is 2. The van der Waals surface area contributed by atoms with Gasteiger partial charge in [-0.1, -0.05) is 43.7 Å². The number of rotatable bonds is 6. The van der Waals surface area contributed by atoms with Crippen LogP contribution < -0.4 is 10.6 Å². The van der Waals surface area contributed by atoms with Crippen LogP contribution in [-0.4, -0.2) is 48.9 Å². The van der Waals surface area contributed by atoms with Crippen LogP contribution in [-0.2, 0) is 16.0 Å². The predicted octanol–water partition coefficient (Wildman–Crippen LogP) is 1.34. The molecule has 2 rings (SSSR count). The summed E-state index contributed by atoms with van der Waals surface area (Å²) in [4.78, 5) is 26.8. The van der Waals surface area contributed by atoms with Crippen LogP contribution in [0.3, 0.4) is 0 Å². The normalized spacial score (nSPS) is 16.5. The summed E-state index contributed by atoms with van der Waals surface area (Å²) in [7, 11) is 0. The molecule has 0 saturated carbocycles. The third-order valence-electron chi connectivity index (χ3n) is 4.07. The van der Waals surface area contributed by atoms with E-state index in [2.05, 4.69) is 10.6 Å². The lowest BCUT2D eigenvalue weighted by Gasteiger charge is -2.26. The standard InChI is InChI=1S/C18H27N3O2/c1-2-7-16(18(23)21-12-6-10-19-11-13-21)20-17(22)14-15-8-4-3-5-9-15/h3-5,8-9,16,19H,2,6-7,10-14H2,1H3,(H,20,22). The Hall–Kier alpha value is -1.88. The van der Waals surface area contributed by atoms with E-state index in [1.807, 2.05) is 42.2 Å². The van der Waals surface area contributed by atoms with Gasteiger partial charge in [0.1, 0.15) is 6.04 Å². The molecule has 5 heteroatoms. The van der Waals surface area contributed by atoms with Gasteiger partial charge in [0.2, 0.25) is 11.8 Å². The maximum Gasteiger partial charge on any atom is 0.245 e. The van der Waals surface area contributed by atoms with Gasteiger partial charge in [0, 0.05) is 19.6 Å². The van der Waals surface area contributed by atoms with Crippen molar-refractivity contribution in [3.63, 3.8) is 0 Å². The first kappa shape index (κ1) is 17.5. The van der Waals surface area contributed by atoms with Crippen molar-refractivity contribution in [2.24, 2.45) is 0 Å². The first-order valence-corrected chi connectivity index (χ1v) is 8.53. The molecule has 0 aliphatic carbocycles. The van der Waals surface area contributed by atoms with E-state index in [-0.39, 0.29) is 11.8 Å². The van der Waals surface area contributed by atoms with Gasteiger partial charge in [0.25, 0.3) is 0 Å². The number of benzene rings is 1. The smallest absolute Gasteiger partial charge is 0.245 e. The molecule has 0 spiro atoms. The zero-order chi connectivity index (χ0) is 16.5. The van der Waals surface area contributed by atoms with Crippen LogP contribution in [0.1, 0.15) is 31.7 Å². The van der Waals surface area contributed by atoms with Gasteiger partial charge in [0.05, 0.1) is 6.42 Å². The van der Waals surface area contributed by atoms with Crippen LogP contribution in [0.2, 0.25) is 0 Å². The molecule has 1 fully saturated rings. The van der Waals surface area contributed by atoms with E-state index in [0.717, 1.165) is 38.0 Å². The molecule has 1 aromatic rings. The second-order valence-corrected chi connectivity index (χ2v) is 6.00. The highest BCUT2D eigenvalue weighted by molar-refractivity contribution is 5.88. The van der Waals surface area contributed by atoms with Crippen molar-refractivity contribution < 1.29 is 9.59 Å². The van der Waals surface area contributed by atoms with Crippen LogP contribution in [0, 0.1) is 0 Å². The maximum absolute atomic E-state index is 12.7. The third-order valence-corrected chi connectivity index (χ3v) is 4.07. The van der Waals surface area contributed by atoms with Gasteiger partial charge in [0.15, 0.2) is 0 Å². The number of hydrogen-bond acceptors (Lipinski definition) is 3. The van der Waals surface area contributed by atoms with Crippen LogP contribution in [0.25, 0.3) is 0 Å². The predicted molar refractivity (Wildman–Crippen MR) is 91.1 cm³/mol. The van der Waals surface area contributed by atoms with Crippen LogP contribution in [0.5, 0.6) is 0 Å². The first-order chi connectivity index (χ1) is 11.2. The summed E-state index contributed by atoms with van der Waals surface area (Å²) < 4.78 is 0. The molecule has 1 aliphatic heterocycles. The second kappa shape index (κ2) is 9.30. The van der Waals surface area contributed by atoms with Gasteiger partial charge < -0.3 is 15.5 Å². The molecule has 2 N–H and O–H groups in total. The summed E-state index contributed by atoms with van der Waals surface area (Å²) >= 11 is 0. The van der Waals surface area contributed by atoms with Gasteiger partial charge in [-0.25, -0.2) is 0 Å². The molecule has 5 nitrogen and oxygen atoms in total. The van der Waals surface area contributed by atoms with Gasteiger partial charge in [-0.3, -0.25) is 9.59 Å².